The second-order valence-corrected chi connectivity index (χ2v) is 9.29. The maximum absolute atomic E-state index is 10.6. The number of halogens is 6. The Morgan fingerprint density at radius 3 is 2.20 bits per heavy atom. The Kier molecular flexibility index (Phi) is 11.9. The van der Waals surface area contributed by atoms with E-state index in [-0.39, 0.29) is 5.41 Å². The van der Waals surface area contributed by atoms with Gasteiger partial charge in [-0.15, -0.1) is 0 Å². The number of pyridine rings is 1. The summed E-state index contributed by atoms with van der Waals surface area (Å²) in [5.74, 6) is -3.49. The highest BCUT2D eigenvalue weighted by Gasteiger charge is 2.46. The fraction of sp³-hybridized carbons (Fsp3) is 0.560. The Morgan fingerprint density at radius 1 is 1.07 bits per heavy atom. The maximum atomic E-state index is 10.6. The van der Waals surface area contributed by atoms with Gasteiger partial charge < -0.3 is 24.1 Å². The summed E-state index contributed by atoms with van der Waals surface area (Å²) in [7, 11) is 0. The number of furan rings is 1. The molecule has 2 aliphatic heterocycles. The molecule has 40 heavy (non-hydrogen) atoms. The van der Waals surface area contributed by atoms with E-state index in [1.165, 1.54) is 12.0 Å². The molecule has 0 spiro atoms. The van der Waals surface area contributed by atoms with E-state index >= 15 is 0 Å². The summed E-state index contributed by atoms with van der Waals surface area (Å²) >= 11 is 0. The molecule has 0 aliphatic carbocycles. The fourth-order valence-corrected chi connectivity index (χ4v) is 4.37. The number of hydrogen-bond donors (Lipinski definition) is 2. The van der Waals surface area contributed by atoms with Crippen molar-refractivity contribution in [1.29, 1.82) is 0 Å². The number of aromatic nitrogens is 1. The number of piperidine rings is 1. The van der Waals surface area contributed by atoms with Crippen molar-refractivity contribution in [3.8, 4) is 0 Å². The zero-order valence-corrected chi connectivity index (χ0v) is 21.5. The molecule has 2 atom stereocenters. The number of carboxylic acids is 2. The quantitative estimate of drug-likeness (QED) is 0.460. The Hall–Kier alpha value is -3.17. The third-order valence-corrected chi connectivity index (χ3v) is 6.14. The van der Waals surface area contributed by atoms with Gasteiger partial charge in [-0.3, -0.25) is 9.88 Å². The number of aryl methyl sites for hydroxylation is 1. The van der Waals surface area contributed by atoms with Crippen molar-refractivity contribution in [3.63, 3.8) is 0 Å². The van der Waals surface area contributed by atoms with Gasteiger partial charge in [0.2, 0.25) is 0 Å². The van der Waals surface area contributed by atoms with Gasteiger partial charge in [0.1, 0.15) is 11.5 Å². The third-order valence-electron chi connectivity index (χ3n) is 6.14. The zero-order valence-electron chi connectivity index (χ0n) is 21.5. The summed E-state index contributed by atoms with van der Waals surface area (Å²) in [5, 5.41) is 14.2. The molecule has 4 rings (SSSR count). The molecule has 4 heterocycles. The van der Waals surface area contributed by atoms with Crippen LogP contribution in [-0.4, -0.2) is 76.8 Å². The Balaban J connectivity index is 0.000000333. The summed E-state index contributed by atoms with van der Waals surface area (Å²) in [6.45, 7) is 7.19. The predicted molar refractivity (Wildman–Crippen MR) is 126 cm³/mol. The Labute approximate surface area is 225 Å². The molecule has 0 saturated carbocycles. The highest BCUT2D eigenvalue weighted by atomic mass is 19.4. The molecule has 224 valence electrons. The van der Waals surface area contributed by atoms with Crippen molar-refractivity contribution in [2.24, 2.45) is 5.41 Å². The molecule has 0 radical (unpaired) electrons. The lowest BCUT2D eigenvalue weighted by molar-refractivity contribution is -0.193. The summed E-state index contributed by atoms with van der Waals surface area (Å²) in [6, 6.07) is 8.16. The lowest BCUT2D eigenvalue weighted by atomic mass is 9.73. The number of rotatable bonds is 6. The molecule has 0 aromatic carbocycles. The highest BCUT2D eigenvalue weighted by Crippen LogP contribution is 2.41. The monoisotopic (exact) mass is 584 g/mol. The molecule has 2 unspecified atom stereocenters. The molecule has 15 heteroatoms. The van der Waals surface area contributed by atoms with E-state index in [1.807, 2.05) is 37.5 Å². The van der Waals surface area contributed by atoms with Crippen LogP contribution in [0.25, 0.3) is 0 Å². The van der Waals surface area contributed by atoms with Gasteiger partial charge in [0.25, 0.3) is 0 Å². The van der Waals surface area contributed by atoms with Crippen molar-refractivity contribution in [1.82, 2.24) is 9.88 Å². The van der Waals surface area contributed by atoms with Gasteiger partial charge in [0, 0.05) is 37.5 Å². The van der Waals surface area contributed by atoms with E-state index in [9.17, 15) is 26.3 Å². The van der Waals surface area contributed by atoms with Crippen LogP contribution in [0, 0.1) is 12.3 Å². The molecule has 2 fully saturated rings. The average Bonchev–Trinajstić information content (AvgIpc) is 3.28. The summed E-state index contributed by atoms with van der Waals surface area (Å²) in [6.07, 6.45) is -2.87. The number of likely N-dealkylation sites (tertiary alicyclic amines) is 1. The molecule has 9 nitrogen and oxygen atoms in total. The predicted octanol–water partition coefficient (Wildman–Crippen LogP) is 4.84. The van der Waals surface area contributed by atoms with E-state index in [4.69, 9.17) is 33.7 Å². The van der Waals surface area contributed by atoms with Crippen molar-refractivity contribution in [2.75, 3.05) is 26.3 Å². The molecule has 2 aliphatic rings. The van der Waals surface area contributed by atoms with Crippen LogP contribution in [0.2, 0.25) is 0 Å². The molecule has 2 saturated heterocycles. The lowest BCUT2D eigenvalue weighted by Crippen LogP contribution is -2.56. The zero-order chi connectivity index (χ0) is 30.0. The summed E-state index contributed by atoms with van der Waals surface area (Å²) in [5.41, 5.74) is 1.26. The van der Waals surface area contributed by atoms with Crippen LogP contribution in [0.5, 0.6) is 0 Å². The molecule has 2 aromatic rings. The number of carboxylic acid groups (broad SMARTS) is 2. The summed E-state index contributed by atoms with van der Waals surface area (Å²) < 4.78 is 81.6. The number of nitrogens with zero attached hydrogens (tertiary/aromatic N) is 2. The molecule has 2 N–H and O–H groups in total. The van der Waals surface area contributed by atoms with Crippen LogP contribution in [0.1, 0.15) is 36.3 Å². The summed E-state index contributed by atoms with van der Waals surface area (Å²) in [4.78, 5) is 24.4. The van der Waals surface area contributed by atoms with Crippen molar-refractivity contribution in [2.45, 2.75) is 57.8 Å². The van der Waals surface area contributed by atoms with Crippen LogP contribution in [0.3, 0.4) is 0 Å². The third kappa shape index (κ3) is 10.8. The van der Waals surface area contributed by atoms with E-state index in [1.54, 1.807) is 0 Å². The first kappa shape index (κ1) is 33.0. The second-order valence-electron chi connectivity index (χ2n) is 9.29. The first-order chi connectivity index (χ1) is 18.6. The standard InChI is InChI=1S/C21H28N2O3.2C2HF3O2/c1-17-3-4-19(26-17)13-23-11-7-20-21(15-23,8-2-12-25-20)16-24-14-18-5-9-22-10-6-18;2*3-2(4,5)1(6)7/h3-6,9-10,20H,2,7-8,11-16H2,1H3;2*(H,6,7). The number of fused-ring (bicyclic) bond motifs is 1. The van der Waals surface area contributed by atoms with Crippen LogP contribution in [0.15, 0.2) is 41.1 Å². The fourth-order valence-electron chi connectivity index (χ4n) is 4.37. The van der Waals surface area contributed by atoms with Crippen LogP contribution < -0.4 is 0 Å². The van der Waals surface area contributed by atoms with E-state index in [0.29, 0.717) is 12.7 Å². The van der Waals surface area contributed by atoms with Crippen molar-refractivity contribution < 1.29 is 60.0 Å². The number of alkyl halides is 6. The molecular weight excluding hydrogens is 554 g/mol. The van der Waals surface area contributed by atoms with E-state index < -0.39 is 24.3 Å². The van der Waals surface area contributed by atoms with Gasteiger partial charge in [-0.1, -0.05) is 0 Å². The Morgan fingerprint density at radius 2 is 1.68 bits per heavy atom. The molecule has 0 bridgehead atoms. The highest BCUT2D eigenvalue weighted by molar-refractivity contribution is 5.73. The number of aliphatic carboxylic acids is 2. The smallest absolute Gasteiger partial charge is 0.475 e. The second kappa shape index (κ2) is 14.5. The number of ether oxygens (including phenoxy) is 2. The lowest BCUT2D eigenvalue weighted by Gasteiger charge is -2.50. The van der Waals surface area contributed by atoms with Gasteiger partial charge in [0.05, 0.1) is 25.9 Å². The SMILES string of the molecule is Cc1ccc(CN2CCC3OCCCC3(COCc3ccncc3)C2)o1.O=C(O)C(F)(F)F.O=C(O)C(F)(F)F. The largest absolute Gasteiger partial charge is 0.490 e. The van der Waals surface area contributed by atoms with Gasteiger partial charge in [-0.05, 0) is 56.0 Å². The van der Waals surface area contributed by atoms with Crippen LogP contribution in [0.4, 0.5) is 26.3 Å². The minimum atomic E-state index is -5.08. The first-order valence-corrected chi connectivity index (χ1v) is 12.1. The number of carbonyl (C=O) groups is 2. The van der Waals surface area contributed by atoms with E-state index in [0.717, 1.165) is 57.2 Å². The van der Waals surface area contributed by atoms with Crippen molar-refractivity contribution >= 4 is 11.9 Å². The van der Waals surface area contributed by atoms with E-state index in [2.05, 4.69) is 16.0 Å². The topological polar surface area (TPSA) is 122 Å². The minimum Gasteiger partial charge on any atom is -0.475 e. The molecule has 0 amide bonds. The Bertz CT molecular complexity index is 1050. The van der Waals surface area contributed by atoms with Crippen LogP contribution in [-0.2, 0) is 32.2 Å². The van der Waals surface area contributed by atoms with Gasteiger partial charge in [-0.25, -0.2) is 9.59 Å². The number of hydrogen-bond acceptors (Lipinski definition) is 7. The van der Waals surface area contributed by atoms with Gasteiger partial charge in [-0.2, -0.15) is 26.3 Å². The molecular formula is C25H30F6N2O7. The van der Waals surface area contributed by atoms with Crippen LogP contribution >= 0.6 is 0 Å². The average molecular weight is 585 g/mol. The van der Waals surface area contributed by atoms with Gasteiger partial charge >= 0.3 is 24.3 Å². The normalized spacial score (nSPS) is 21.2. The minimum absolute atomic E-state index is 0.0885. The maximum Gasteiger partial charge on any atom is 0.490 e. The van der Waals surface area contributed by atoms with Gasteiger partial charge in [0.15, 0.2) is 0 Å². The van der Waals surface area contributed by atoms with Crippen molar-refractivity contribution in [3.05, 3.63) is 53.7 Å². The molecule has 2 aromatic heterocycles. The first-order valence-electron chi connectivity index (χ1n) is 12.1.